The van der Waals surface area contributed by atoms with E-state index in [1.165, 1.54) is 10.4 Å². The van der Waals surface area contributed by atoms with Gasteiger partial charge in [0.05, 0.1) is 11.4 Å². The number of fused-ring (bicyclic) bond motifs is 1. The third-order valence-electron chi connectivity index (χ3n) is 3.88. The number of para-hydroxylation sites is 2. The van der Waals surface area contributed by atoms with Crippen LogP contribution in [0.1, 0.15) is 6.42 Å². The summed E-state index contributed by atoms with van der Waals surface area (Å²) in [6, 6.07) is 7.52. The zero-order valence-electron chi connectivity index (χ0n) is 13.4. The van der Waals surface area contributed by atoms with Crippen LogP contribution in [0.5, 0.6) is 0 Å². The van der Waals surface area contributed by atoms with Crippen molar-refractivity contribution in [2.45, 2.75) is 6.42 Å². The lowest BCUT2D eigenvalue weighted by Gasteiger charge is -2.43. The van der Waals surface area contributed by atoms with Gasteiger partial charge in [0.2, 0.25) is 0 Å². The average molecular weight is 373 g/mol. The van der Waals surface area contributed by atoms with E-state index in [1.54, 1.807) is 25.2 Å². The average Bonchev–Trinajstić information content (AvgIpc) is 2.75. The first-order valence-corrected chi connectivity index (χ1v) is 9.08. The van der Waals surface area contributed by atoms with Crippen molar-refractivity contribution in [2.24, 2.45) is 0 Å². The number of hydrogen-bond acceptors (Lipinski definition) is 5. The highest BCUT2D eigenvalue weighted by Gasteiger charge is 2.43. The molecule has 5 nitrogen and oxygen atoms in total. The van der Waals surface area contributed by atoms with Crippen molar-refractivity contribution in [2.75, 3.05) is 28.7 Å². The minimum Gasteiger partial charge on any atom is -0.320 e. The molecule has 0 bridgehead atoms. The summed E-state index contributed by atoms with van der Waals surface area (Å²) in [6.07, 6.45) is 0.586. The van der Waals surface area contributed by atoms with Crippen LogP contribution in [0.3, 0.4) is 0 Å². The van der Waals surface area contributed by atoms with Crippen molar-refractivity contribution < 1.29 is 22.3 Å². The zero-order chi connectivity index (χ0) is 18.2. The van der Waals surface area contributed by atoms with E-state index < -0.39 is 34.1 Å². The number of nitrogens with one attached hydrogen (secondary N) is 1. The summed E-state index contributed by atoms with van der Waals surface area (Å²) in [7, 11) is -1.97. The second-order valence-electron chi connectivity index (χ2n) is 5.55. The van der Waals surface area contributed by atoms with Gasteiger partial charge in [0.25, 0.3) is 0 Å². The molecule has 0 aromatic heterocycles. The fraction of sp³-hybridized carbons (Fsp3) is 0.250. The fourth-order valence-electron chi connectivity index (χ4n) is 2.82. The van der Waals surface area contributed by atoms with E-state index in [1.807, 2.05) is 0 Å². The molecule has 25 heavy (non-hydrogen) atoms. The highest BCUT2D eigenvalue weighted by Crippen LogP contribution is 2.64. The van der Waals surface area contributed by atoms with Crippen LogP contribution >= 0.6 is 11.0 Å². The largest absolute Gasteiger partial charge is 0.320 e. The van der Waals surface area contributed by atoms with Gasteiger partial charge in [-0.3, -0.25) is 13.4 Å². The van der Waals surface area contributed by atoms with E-state index in [9.17, 15) is 22.3 Å². The normalized spacial score (nSPS) is 16.9. The number of hydrogen-bond donors (Lipinski definition) is 3. The van der Waals surface area contributed by atoms with E-state index in [0.29, 0.717) is 30.8 Å². The maximum absolute atomic E-state index is 14.3. The Bertz CT molecular complexity index is 768. The Kier molecular flexibility index (Phi) is 4.83. The van der Waals surface area contributed by atoms with Crippen LogP contribution in [0.4, 0.5) is 30.2 Å². The standard InChI is InChI=1S/C16H18F3N3O2S/c1-20-7-4-8-21-14-5-2-3-6-15(14)22(25(21,23)24)16-12(18)9-11(17)10-13(16)19/h2-3,5-6,9-10,20,23-24H,4,7-8H2,1H3. The molecule has 3 rings (SSSR count). The van der Waals surface area contributed by atoms with E-state index >= 15 is 0 Å². The van der Waals surface area contributed by atoms with Crippen molar-refractivity contribution in [3.63, 3.8) is 0 Å². The monoisotopic (exact) mass is 373 g/mol. The number of halogens is 3. The van der Waals surface area contributed by atoms with Crippen LogP contribution in [0.25, 0.3) is 0 Å². The molecule has 0 fully saturated rings. The Morgan fingerprint density at radius 2 is 1.64 bits per heavy atom. The Labute approximate surface area is 145 Å². The number of nitrogens with zero attached hydrogens (tertiary/aromatic N) is 2. The van der Waals surface area contributed by atoms with E-state index in [0.717, 1.165) is 4.31 Å². The molecular formula is C16H18F3N3O2S. The highest BCUT2D eigenvalue weighted by molar-refractivity contribution is 8.27. The first-order valence-electron chi connectivity index (χ1n) is 7.62. The van der Waals surface area contributed by atoms with Crippen LogP contribution in [0.2, 0.25) is 0 Å². The van der Waals surface area contributed by atoms with Gasteiger partial charge in [-0.2, -0.15) is 0 Å². The Morgan fingerprint density at radius 1 is 1.04 bits per heavy atom. The lowest BCUT2D eigenvalue weighted by Crippen LogP contribution is -2.33. The van der Waals surface area contributed by atoms with Gasteiger partial charge in [-0.25, -0.2) is 17.5 Å². The molecule has 0 atom stereocenters. The SMILES string of the molecule is CNCCCN1c2ccccc2N(c2c(F)cc(F)cc2F)S1(O)O. The third kappa shape index (κ3) is 3.04. The summed E-state index contributed by atoms with van der Waals surface area (Å²) >= 11 is 0. The van der Waals surface area contributed by atoms with Gasteiger partial charge in [-0.15, -0.1) is 0 Å². The number of rotatable bonds is 5. The van der Waals surface area contributed by atoms with E-state index in [2.05, 4.69) is 5.32 Å². The maximum Gasteiger partial charge on any atom is 0.154 e. The molecule has 2 aromatic carbocycles. The smallest absolute Gasteiger partial charge is 0.154 e. The Hall–Kier alpha value is -1.94. The molecule has 2 aromatic rings. The van der Waals surface area contributed by atoms with E-state index in [4.69, 9.17) is 0 Å². The van der Waals surface area contributed by atoms with Crippen molar-refractivity contribution in [3.8, 4) is 0 Å². The topological polar surface area (TPSA) is 59.0 Å². The van der Waals surface area contributed by atoms with Gasteiger partial charge >= 0.3 is 0 Å². The number of benzene rings is 2. The quantitative estimate of drug-likeness (QED) is 0.684. The van der Waals surface area contributed by atoms with E-state index in [-0.39, 0.29) is 12.2 Å². The molecule has 136 valence electrons. The molecule has 0 saturated heterocycles. The molecule has 9 heteroatoms. The molecule has 0 saturated carbocycles. The summed E-state index contributed by atoms with van der Waals surface area (Å²) < 4.78 is 65.4. The van der Waals surface area contributed by atoms with Gasteiger partial charge in [-0.1, -0.05) is 12.1 Å². The molecular weight excluding hydrogens is 355 g/mol. The van der Waals surface area contributed by atoms with Crippen LogP contribution in [-0.4, -0.2) is 29.2 Å². The Balaban J connectivity index is 2.11. The molecule has 0 radical (unpaired) electrons. The van der Waals surface area contributed by atoms with Crippen LogP contribution in [-0.2, 0) is 0 Å². The van der Waals surface area contributed by atoms with Crippen molar-refractivity contribution in [1.29, 1.82) is 0 Å². The van der Waals surface area contributed by atoms with Gasteiger partial charge in [0.15, 0.2) is 11.6 Å². The summed E-state index contributed by atoms with van der Waals surface area (Å²) in [5.74, 6) is -3.48. The minimum atomic E-state index is -3.74. The first kappa shape index (κ1) is 17.9. The summed E-state index contributed by atoms with van der Waals surface area (Å²) in [5.41, 5.74) is 0.00283. The molecule has 1 aliphatic rings. The molecule has 0 spiro atoms. The maximum atomic E-state index is 14.3. The van der Waals surface area contributed by atoms with Gasteiger partial charge in [0.1, 0.15) is 11.5 Å². The molecule has 0 aliphatic carbocycles. The minimum absolute atomic E-state index is 0.247. The molecule has 1 aliphatic heterocycles. The fourth-order valence-corrected chi connectivity index (χ4v) is 4.65. The summed E-state index contributed by atoms with van der Waals surface area (Å²) in [6.45, 7) is 0.897. The van der Waals surface area contributed by atoms with Crippen LogP contribution in [0, 0.1) is 17.5 Å². The highest BCUT2D eigenvalue weighted by atomic mass is 32.3. The van der Waals surface area contributed by atoms with Gasteiger partial charge < -0.3 is 5.32 Å². The lowest BCUT2D eigenvalue weighted by molar-refractivity contribution is 0.479. The van der Waals surface area contributed by atoms with Crippen LogP contribution < -0.4 is 13.9 Å². The predicted octanol–water partition coefficient (Wildman–Crippen LogP) is 4.25. The van der Waals surface area contributed by atoms with Crippen molar-refractivity contribution in [1.82, 2.24) is 5.32 Å². The molecule has 0 amide bonds. The lowest BCUT2D eigenvalue weighted by atomic mass is 10.2. The molecule has 3 N–H and O–H groups in total. The van der Waals surface area contributed by atoms with Gasteiger partial charge in [-0.05, 0) is 43.1 Å². The summed E-state index contributed by atoms with van der Waals surface area (Å²) in [4.78, 5) is 0. The van der Waals surface area contributed by atoms with Crippen molar-refractivity contribution >= 4 is 28.0 Å². The summed E-state index contributed by atoms with van der Waals surface area (Å²) in [5, 5.41) is 2.95. The predicted molar refractivity (Wildman–Crippen MR) is 93.6 cm³/mol. The first-order chi connectivity index (χ1) is 11.9. The second-order valence-corrected chi connectivity index (χ2v) is 7.34. The van der Waals surface area contributed by atoms with Crippen molar-refractivity contribution in [3.05, 3.63) is 53.8 Å². The zero-order valence-corrected chi connectivity index (χ0v) is 14.2. The molecule has 0 unspecified atom stereocenters. The number of anilines is 3. The third-order valence-corrected chi connectivity index (χ3v) is 5.72. The Morgan fingerprint density at radius 3 is 2.24 bits per heavy atom. The second kappa shape index (κ2) is 6.75. The molecule has 1 heterocycles. The van der Waals surface area contributed by atoms with Crippen LogP contribution in [0.15, 0.2) is 36.4 Å². The van der Waals surface area contributed by atoms with Gasteiger partial charge in [0, 0.05) is 18.7 Å².